The third kappa shape index (κ3) is 7.60. The van der Waals surface area contributed by atoms with Gasteiger partial charge in [0.25, 0.3) is 0 Å². The van der Waals surface area contributed by atoms with Gasteiger partial charge < -0.3 is 21.5 Å². The van der Waals surface area contributed by atoms with E-state index in [-0.39, 0.29) is 6.42 Å². The Morgan fingerprint density at radius 2 is 1.42 bits per heavy atom. The zero-order valence-electron chi connectivity index (χ0n) is 15.6. The second kappa shape index (κ2) is 11.2. The lowest BCUT2D eigenvalue weighted by Gasteiger charge is -2.28. The van der Waals surface area contributed by atoms with Gasteiger partial charge in [-0.2, -0.15) is 0 Å². The Labute approximate surface area is 152 Å². The van der Waals surface area contributed by atoms with E-state index in [1.165, 1.54) is 27.7 Å². The van der Waals surface area contributed by atoms with Crippen molar-refractivity contribution in [1.29, 1.82) is 0 Å². The van der Waals surface area contributed by atoms with Crippen LogP contribution in [0.3, 0.4) is 0 Å². The lowest BCUT2D eigenvalue weighted by atomic mass is 10.1. The molecule has 0 unspecified atom stereocenters. The molecule has 26 heavy (non-hydrogen) atoms. The lowest BCUT2D eigenvalue weighted by molar-refractivity contribution is -0.150. The summed E-state index contributed by atoms with van der Waals surface area (Å²) in [7, 11) is 0. The van der Waals surface area contributed by atoms with Crippen LogP contribution in [0.4, 0.5) is 0 Å². The molecule has 148 valence electrons. The normalized spacial score (nSPS) is 13.9. The number of nitrogens with zero attached hydrogens (tertiary/aromatic N) is 1. The average Bonchev–Trinajstić information content (AvgIpc) is 2.52. The molecule has 0 aromatic rings. The number of unbranched alkanes of at least 4 members (excludes halogenated alkanes) is 1. The average molecular weight is 372 g/mol. The summed E-state index contributed by atoms with van der Waals surface area (Å²) in [6.45, 7) is 5.42. The van der Waals surface area contributed by atoms with Crippen LogP contribution in [0.1, 0.15) is 47.0 Å². The Morgan fingerprint density at radius 1 is 0.923 bits per heavy atom. The number of nitrogens with one attached hydrogen (secondary N) is 2. The molecule has 0 saturated heterocycles. The van der Waals surface area contributed by atoms with Crippen LogP contribution in [0.2, 0.25) is 0 Å². The summed E-state index contributed by atoms with van der Waals surface area (Å²) in [5.41, 5.74) is 5.43. The predicted octanol–water partition coefficient (Wildman–Crippen LogP) is -1.03. The minimum Gasteiger partial charge on any atom is -0.480 e. The molecular weight excluding hydrogens is 344 g/mol. The van der Waals surface area contributed by atoms with Crippen molar-refractivity contribution in [3.63, 3.8) is 0 Å². The molecule has 0 aliphatic rings. The highest BCUT2D eigenvalue weighted by atomic mass is 16.4. The molecule has 10 heteroatoms. The molecule has 3 atom stereocenters. The maximum Gasteiger partial charge on any atom is 0.325 e. The van der Waals surface area contributed by atoms with E-state index in [1.807, 2.05) is 0 Å². The van der Waals surface area contributed by atoms with Gasteiger partial charge in [0.15, 0.2) is 0 Å². The zero-order valence-corrected chi connectivity index (χ0v) is 15.6. The number of carbonyl (C=O) groups is 5. The highest BCUT2D eigenvalue weighted by molar-refractivity contribution is 5.99. The largest absolute Gasteiger partial charge is 0.480 e. The maximum absolute atomic E-state index is 12.5. The number of carbonyl (C=O) groups excluding carboxylic acids is 4. The molecule has 0 fully saturated rings. The SMILES string of the molecule is CC(=O)N(C(C)=O)[C@@H](CCCCN)C(=O)N[C@H](C)C(=O)N[C@H](C)C(=O)O. The van der Waals surface area contributed by atoms with Crippen molar-refractivity contribution in [1.82, 2.24) is 15.5 Å². The minimum atomic E-state index is -1.21. The van der Waals surface area contributed by atoms with Crippen LogP contribution in [0.25, 0.3) is 0 Å². The molecule has 0 bridgehead atoms. The topological polar surface area (TPSA) is 159 Å². The highest BCUT2D eigenvalue weighted by Crippen LogP contribution is 2.11. The van der Waals surface area contributed by atoms with E-state index in [9.17, 15) is 24.0 Å². The van der Waals surface area contributed by atoms with Gasteiger partial charge in [-0.3, -0.25) is 28.9 Å². The fourth-order valence-electron chi connectivity index (χ4n) is 2.30. The summed E-state index contributed by atoms with van der Waals surface area (Å²) in [6.07, 6.45) is 1.34. The second-order valence-corrected chi connectivity index (χ2v) is 6.01. The van der Waals surface area contributed by atoms with Gasteiger partial charge in [-0.1, -0.05) is 0 Å². The summed E-state index contributed by atoms with van der Waals surface area (Å²) in [4.78, 5) is 59.6. The summed E-state index contributed by atoms with van der Waals surface area (Å²) < 4.78 is 0. The zero-order chi connectivity index (χ0) is 20.4. The van der Waals surface area contributed by atoms with Crippen LogP contribution >= 0.6 is 0 Å². The smallest absolute Gasteiger partial charge is 0.325 e. The fourth-order valence-corrected chi connectivity index (χ4v) is 2.30. The van der Waals surface area contributed by atoms with E-state index < -0.39 is 47.7 Å². The quantitative estimate of drug-likeness (QED) is 0.357. The van der Waals surface area contributed by atoms with Crippen LogP contribution in [0.5, 0.6) is 0 Å². The minimum absolute atomic E-state index is 0.210. The molecular formula is C16H28N4O6. The number of aliphatic carboxylic acids is 1. The van der Waals surface area contributed by atoms with Crippen molar-refractivity contribution in [3.05, 3.63) is 0 Å². The molecule has 0 aliphatic carbocycles. The number of amides is 4. The third-order valence-corrected chi connectivity index (χ3v) is 3.71. The highest BCUT2D eigenvalue weighted by Gasteiger charge is 2.32. The van der Waals surface area contributed by atoms with Crippen LogP contribution in [-0.4, -0.2) is 64.3 Å². The molecule has 0 aromatic heterocycles. The molecule has 10 nitrogen and oxygen atoms in total. The number of hydrogen-bond acceptors (Lipinski definition) is 6. The van der Waals surface area contributed by atoms with E-state index in [2.05, 4.69) is 10.6 Å². The Morgan fingerprint density at radius 3 is 1.85 bits per heavy atom. The summed E-state index contributed by atoms with van der Waals surface area (Å²) in [6, 6.07) is -3.22. The third-order valence-electron chi connectivity index (χ3n) is 3.71. The van der Waals surface area contributed by atoms with Crippen LogP contribution in [0, 0.1) is 0 Å². The van der Waals surface area contributed by atoms with Gasteiger partial charge in [-0.05, 0) is 39.7 Å². The number of nitrogens with two attached hydrogens (primary N) is 1. The predicted molar refractivity (Wildman–Crippen MR) is 92.7 cm³/mol. The van der Waals surface area contributed by atoms with Crippen molar-refractivity contribution < 1.29 is 29.1 Å². The van der Waals surface area contributed by atoms with E-state index in [0.29, 0.717) is 19.4 Å². The van der Waals surface area contributed by atoms with Gasteiger partial charge in [-0.15, -0.1) is 0 Å². The maximum atomic E-state index is 12.5. The first-order valence-electron chi connectivity index (χ1n) is 8.36. The number of hydrogen-bond donors (Lipinski definition) is 4. The van der Waals surface area contributed by atoms with Gasteiger partial charge in [0.2, 0.25) is 23.6 Å². The Hall–Kier alpha value is -2.49. The number of carboxylic acid groups (broad SMARTS) is 1. The van der Waals surface area contributed by atoms with Crippen LogP contribution < -0.4 is 16.4 Å². The Bertz CT molecular complexity index is 537. The molecule has 0 saturated carbocycles. The van der Waals surface area contributed by atoms with Crippen LogP contribution in [-0.2, 0) is 24.0 Å². The van der Waals surface area contributed by atoms with E-state index in [0.717, 1.165) is 4.90 Å². The van der Waals surface area contributed by atoms with Gasteiger partial charge in [0.1, 0.15) is 18.1 Å². The van der Waals surface area contributed by atoms with Crippen molar-refractivity contribution in [3.8, 4) is 0 Å². The van der Waals surface area contributed by atoms with Crippen molar-refractivity contribution in [2.45, 2.75) is 65.1 Å². The standard InChI is InChI=1S/C16H28N4O6/c1-9(14(23)19-10(2)16(25)26)18-15(24)13(7-5-6-8-17)20(11(3)21)12(4)22/h9-10,13H,5-8,17H2,1-4H3,(H,18,24)(H,19,23)(H,25,26)/t9-,10-,13+/m1/s1. The first-order chi connectivity index (χ1) is 12.0. The second-order valence-electron chi connectivity index (χ2n) is 6.01. The molecule has 0 heterocycles. The molecule has 0 spiro atoms. The first-order valence-corrected chi connectivity index (χ1v) is 8.36. The molecule has 0 rings (SSSR count). The Balaban J connectivity index is 5.15. The fraction of sp³-hybridized carbons (Fsp3) is 0.688. The summed E-state index contributed by atoms with van der Waals surface area (Å²) in [5.74, 6) is -3.73. The molecule has 5 N–H and O–H groups in total. The number of carboxylic acids is 1. The molecule has 0 aliphatic heterocycles. The monoisotopic (exact) mass is 372 g/mol. The Kier molecular flexibility index (Phi) is 10.1. The van der Waals surface area contributed by atoms with E-state index >= 15 is 0 Å². The van der Waals surface area contributed by atoms with Crippen molar-refractivity contribution >= 4 is 29.6 Å². The van der Waals surface area contributed by atoms with Crippen LogP contribution in [0.15, 0.2) is 0 Å². The number of imide groups is 1. The van der Waals surface area contributed by atoms with Crippen molar-refractivity contribution in [2.75, 3.05) is 6.54 Å². The lowest BCUT2D eigenvalue weighted by Crippen LogP contribution is -2.56. The summed E-state index contributed by atoms with van der Waals surface area (Å²) in [5, 5.41) is 13.5. The molecule has 4 amide bonds. The molecule has 0 aromatic carbocycles. The van der Waals surface area contributed by atoms with Gasteiger partial charge in [-0.25, -0.2) is 0 Å². The first kappa shape index (κ1) is 23.5. The number of rotatable bonds is 10. The summed E-state index contributed by atoms with van der Waals surface area (Å²) >= 11 is 0. The van der Waals surface area contributed by atoms with Gasteiger partial charge in [0, 0.05) is 13.8 Å². The van der Waals surface area contributed by atoms with E-state index in [4.69, 9.17) is 10.8 Å². The van der Waals surface area contributed by atoms with Crippen molar-refractivity contribution in [2.24, 2.45) is 5.73 Å². The molecule has 0 radical (unpaired) electrons. The van der Waals surface area contributed by atoms with Gasteiger partial charge >= 0.3 is 5.97 Å². The van der Waals surface area contributed by atoms with Gasteiger partial charge in [0.05, 0.1) is 0 Å². The van der Waals surface area contributed by atoms with E-state index in [1.54, 1.807) is 0 Å².